The summed E-state index contributed by atoms with van der Waals surface area (Å²) in [5.74, 6) is 0.158. The average Bonchev–Trinajstić information content (AvgIpc) is 2.79. The third kappa shape index (κ3) is 4.02. The molecule has 0 saturated carbocycles. The molecule has 5 nitrogen and oxygen atoms in total. The van der Waals surface area contributed by atoms with Crippen LogP contribution in [0.2, 0.25) is 0 Å². The molecule has 1 rings (SSSR count). The molecule has 0 unspecified atom stereocenters. The number of rotatable bonds is 7. The number of likely N-dealkylation sites (N-methyl/N-ethyl adjacent to an activating group) is 1. The molecule has 1 heterocycles. The van der Waals surface area contributed by atoms with Crippen LogP contribution in [0.5, 0.6) is 0 Å². The summed E-state index contributed by atoms with van der Waals surface area (Å²) in [7, 11) is 0. The van der Waals surface area contributed by atoms with E-state index in [1.54, 1.807) is 6.20 Å². The molecular weight excluding hydrogens is 204 g/mol. The van der Waals surface area contributed by atoms with Crippen molar-refractivity contribution in [3.63, 3.8) is 0 Å². The third-order valence-corrected chi connectivity index (χ3v) is 2.47. The lowest BCUT2D eigenvalue weighted by atomic mass is 10.4. The molecule has 0 fully saturated rings. The largest absolute Gasteiger partial charge is 0.342 e. The molecule has 0 aliphatic rings. The summed E-state index contributed by atoms with van der Waals surface area (Å²) >= 11 is 0. The summed E-state index contributed by atoms with van der Waals surface area (Å²) in [5.41, 5.74) is 0. The fourth-order valence-electron chi connectivity index (χ4n) is 1.51. The van der Waals surface area contributed by atoms with Crippen LogP contribution < -0.4 is 5.32 Å². The molecule has 0 saturated heterocycles. The highest BCUT2D eigenvalue weighted by molar-refractivity contribution is 5.78. The average molecular weight is 224 g/mol. The van der Waals surface area contributed by atoms with E-state index in [0.717, 1.165) is 26.2 Å². The Morgan fingerprint density at radius 1 is 1.44 bits per heavy atom. The van der Waals surface area contributed by atoms with E-state index in [-0.39, 0.29) is 5.91 Å². The van der Waals surface area contributed by atoms with Crippen LogP contribution in [0.4, 0.5) is 0 Å². The predicted molar refractivity (Wildman–Crippen MR) is 63.0 cm³/mol. The van der Waals surface area contributed by atoms with Gasteiger partial charge in [0, 0.05) is 32.0 Å². The molecule has 0 radical (unpaired) electrons. The van der Waals surface area contributed by atoms with E-state index in [9.17, 15) is 4.79 Å². The van der Waals surface area contributed by atoms with Crippen molar-refractivity contribution in [1.82, 2.24) is 20.0 Å². The van der Waals surface area contributed by atoms with Crippen LogP contribution >= 0.6 is 0 Å². The number of aromatic nitrogens is 2. The normalized spacial score (nSPS) is 10.4. The van der Waals surface area contributed by atoms with Crippen molar-refractivity contribution in [1.29, 1.82) is 0 Å². The lowest BCUT2D eigenvalue weighted by Crippen LogP contribution is -2.38. The second kappa shape index (κ2) is 7.00. The molecule has 5 heteroatoms. The SMILES string of the molecule is CCN(CC)C(=O)CNCCn1cccn1. The van der Waals surface area contributed by atoms with Gasteiger partial charge in [-0.2, -0.15) is 5.10 Å². The number of hydrogen-bond acceptors (Lipinski definition) is 3. The summed E-state index contributed by atoms with van der Waals surface area (Å²) in [4.78, 5) is 13.4. The molecule has 1 N–H and O–H groups in total. The van der Waals surface area contributed by atoms with Gasteiger partial charge in [-0.3, -0.25) is 9.48 Å². The van der Waals surface area contributed by atoms with Crippen molar-refractivity contribution in [2.24, 2.45) is 0 Å². The highest BCUT2D eigenvalue weighted by Crippen LogP contribution is 1.87. The first-order chi connectivity index (χ1) is 7.77. The Balaban J connectivity index is 2.13. The maximum atomic E-state index is 11.6. The molecule has 1 aromatic rings. The minimum atomic E-state index is 0.158. The maximum absolute atomic E-state index is 11.6. The monoisotopic (exact) mass is 224 g/mol. The molecule has 0 atom stereocenters. The van der Waals surface area contributed by atoms with Crippen molar-refractivity contribution in [2.45, 2.75) is 20.4 Å². The molecule has 0 aromatic carbocycles. The van der Waals surface area contributed by atoms with Gasteiger partial charge in [-0.05, 0) is 19.9 Å². The highest BCUT2D eigenvalue weighted by atomic mass is 16.2. The first kappa shape index (κ1) is 12.7. The van der Waals surface area contributed by atoms with Crippen LogP contribution in [0.3, 0.4) is 0 Å². The number of carbonyl (C=O) groups is 1. The molecule has 1 aromatic heterocycles. The second-order valence-corrected chi connectivity index (χ2v) is 3.51. The van der Waals surface area contributed by atoms with Crippen LogP contribution in [0.1, 0.15) is 13.8 Å². The molecular formula is C11H20N4O. The highest BCUT2D eigenvalue weighted by Gasteiger charge is 2.07. The van der Waals surface area contributed by atoms with Crippen molar-refractivity contribution >= 4 is 5.91 Å². The van der Waals surface area contributed by atoms with Gasteiger partial charge in [0.1, 0.15) is 0 Å². The van der Waals surface area contributed by atoms with Gasteiger partial charge in [-0.1, -0.05) is 0 Å². The summed E-state index contributed by atoms with van der Waals surface area (Å²) < 4.78 is 1.84. The Hall–Kier alpha value is -1.36. The standard InChI is InChI=1S/C11H20N4O/c1-3-14(4-2)11(16)10-12-7-9-15-8-5-6-13-15/h5-6,8,12H,3-4,7,9-10H2,1-2H3. The Bertz CT molecular complexity index is 293. The Morgan fingerprint density at radius 2 is 2.19 bits per heavy atom. The van der Waals surface area contributed by atoms with Crippen LogP contribution in [-0.4, -0.2) is 46.8 Å². The van der Waals surface area contributed by atoms with Gasteiger partial charge < -0.3 is 10.2 Å². The van der Waals surface area contributed by atoms with Crippen LogP contribution in [-0.2, 0) is 11.3 Å². The predicted octanol–water partition coefficient (Wildman–Crippen LogP) is 0.341. The Morgan fingerprint density at radius 3 is 2.75 bits per heavy atom. The second-order valence-electron chi connectivity index (χ2n) is 3.51. The van der Waals surface area contributed by atoms with Gasteiger partial charge in [-0.25, -0.2) is 0 Å². The molecule has 0 aliphatic heterocycles. The van der Waals surface area contributed by atoms with Gasteiger partial charge in [-0.15, -0.1) is 0 Å². The molecule has 1 amide bonds. The number of nitrogens with one attached hydrogen (secondary N) is 1. The zero-order chi connectivity index (χ0) is 11.8. The number of amides is 1. The van der Waals surface area contributed by atoms with E-state index in [0.29, 0.717) is 6.54 Å². The van der Waals surface area contributed by atoms with Gasteiger partial charge in [0.25, 0.3) is 0 Å². The van der Waals surface area contributed by atoms with Crippen LogP contribution in [0.15, 0.2) is 18.5 Å². The van der Waals surface area contributed by atoms with Crippen molar-refractivity contribution in [2.75, 3.05) is 26.2 Å². The summed E-state index contributed by atoms with van der Waals surface area (Å²) in [6.45, 7) is 7.48. The first-order valence-corrected chi connectivity index (χ1v) is 5.73. The smallest absolute Gasteiger partial charge is 0.236 e. The molecule has 0 aliphatic carbocycles. The van der Waals surface area contributed by atoms with Crippen molar-refractivity contribution in [3.8, 4) is 0 Å². The van der Waals surface area contributed by atoms with E-state index in [1.165, 1.54) is 0 Å². The van der Waals surface area contributed by atoms with E-state index in [2.05, 4.69) is 10.4 Å². The lowest BCUT2D eigenvalue weighted by Gasteiger charge is -2.18. The Kier molecular flexibility index (Phi) is 5.56. The van der Waals surface area contributed by atoms with Gasteiger partial charge in [0.05, 0.1) is 13.1 Å². The lowest BCUT2D eigenvalue weighted by molar-refractivity contribution is -0.129. The zero-order valence-electron chi connectivity index (χ0n) is 10.0. The summed E-state index contributed by atoms with van der Waals surface area (Å²) in [6, 6.07) is 1.89. The van der Waals surface area contributed by atoms with Gasteiger partial charge in [0.2, 0.25) is 5.91 Å². The Labute approximate surface area is 96.4 Å². The molecule has 16 heavy (non-hydrogen) atoms. The molecule has 90 valence electrons. The van der Waals surface area contributed by atoms with Gasteiger partial charge in [0.15, 0.2) is 0 Å². The number of nitrogens with zero attached hydrogens (tertiary/aromatic N) is 3. The molecule has 0 bridgehead atoms. The minimum Gasteiger partial charge on any atom is -0.342 e. The van der Waals surface area contributed by atoms with Crippen molar-refractivity contribution < 1.29 is 4.79 Å². The molecule has 0 spiro atoms. The van der Waals surface area contributed by atoms with E-state index in [1.807, 2.05) is 35.7 Å². The van der Waals surface area contributed by atoms with E-state index >= 15 is 0 Å². The summed E-state index contributed by atoms with van der Waals surface area (Å²) in [5, 5.41) is 7.20. The quantitative estimate of drug-likeness (QED) is 0.680. The first-order valence-electron chi connectivity index (χ1n) is 5.73. The fourth-order valence-corrected chi connectivity index (χ4v) is 1.51. The van der Waals surface area contributed by atoms with Crippen LogP contribution in [0.25, 0.3) is 0 Å². The number of hydrogen-bond donors (Lipinski definition) is 1. The zero-order valence-corrected chi connectivity index (χ0v) is 10.0. The van der Waals surface area contributed by atoms with E-state index in [4.69, 9.17) is 0 Å². The maximum Gasteiger partial charge on any atom is 0.236 e. The van der Waals surface area contributed by atoms with E-state index < -0.39 is 0 Å². The van der Waals surface area contributed by atoms with Crippen LogP contribution in [0, 0.1) is 0 Å². The number of carbonyl (C=O) groups excluding carboxylic acids is 1. The fraction of sp³-hybridized carbons (Fsp3) is 0.636. The summed E-state index contributed by atoms with van der Waals surface area (Å²) in [6.07, 6.45) is 3.66. The third-order valence-electron chi connectivity index (χ3n) is 2.47. The van der Waals surface area contributed by atoms with Gasteiger partial charge >= 0.3 is 0 Å². The topological polar surface area (TPSA) is 50.2 Å². The minimum absolute atomic E-state index is 0.158. The van der Waals surface area contributed by atoms with Crippen molar-refractivity contribution in [3.05, 3.63) is 18.5 Å².